The molecule has 1 heterocycles. The fourth-order valence-electron chi connectivity index (χ4n) is 2.78. The van der Waals surface area contributed by atoms with Crippen molar-refractivity contribution in [2.75, 3.05) is 6.54 Å². The molecule has 5 heteroatoms. The first kappa shape index (κ1) is 13.1. The van der Waals surface area contributed by atoms with E-state index in [0.29, 0.717) is 18.9 Å². The lowest BCUT2D eigenvalue weighted by Crippen LogP contribution is -2.24. The molecule has 1 amide bonds. The zero-order valence-electron chi connectivity index (χ0n) is 11.7. The Morgan fingerprint density at radius 2 is 2.35 bits per heavy atom. The number of nitrogens with one attached hydrogen (secondary N) is 1. The maximum Gasteiger partial charge on any atom is 0.219 e. The van der Waals surface area contributed by atoms with Crippen molar-refractivity contribution in [3.05, 3.63) is 29.7 Å². The number of halogens is 1. The Hall–Kier alpha value is -1.91. The molecule has 3 rings (SSSR count). The second-order valence-corrected chi connectivity index (χ2v) is 5.46. The van der Waals surface area contributed by atoms with Crippen LogP contribution in [-0.4, -0.2) is 22.2 Å². The second kappa shape index (κ2) is 4.89. The topological polar surface area (TPSA) is 46.9 Å². The van der Waals surface area contributed by atoms with Gasteiger partial charge in [-0.05, 0) is 30.4 Å². The fraction of sp³-hybridized carbons (Fsp3) is 0.467. The van der Waals surface area contributed by atoms with Crippen LogP contribution in [0.4, 0.5) is 4.39 Å². The quantitative estimate of drug-likeness (QED) is 0.931. The van der Waals surface area contributed by atoms with Crippen LogP contribution in [0.25, 0.3) is 10.9 Å². The molecule has 106 valence electrons. The summed E-state index contributed by atoms with van der Waals surface area (Å²) in [4.78, 5) is 11.3. The van der Waals surface area contributed by atoms with Crippen LogP contribution < -0.4 is 5.32 Å². The SMILES string of the molecule is CCC(=O)NC[C@@H]1C[C@H]1c1c(F)ccc2nn(C)cc12. The zero-order valence-corrected chi connectivity index (χ0v) is 11.7. The monoisotopic (exact) mass is 275 g/mol. The largest absolute Gasteiger partial charge is 0.356 e. The molecule has 0 unspecified atom stereocenters. The van der Waals surface area contributed by atoms with Gasteiger partial charge in [-0.25, -0.2) is 4.39 Å². The first-order chi connectivity index (χ1) is 9.60. The molecule has 1 fully saturated rings. The van der Waals surface area contributed by atoms with Crippen LogP contribution >= 0.6 is 0 Å². The van der Waals surface area contributed by atoms with E-state index in [2.05, 4.69) is 10.4 Å². The van der Waals surface area contributed by atoms with Crippen molar-refractivity contribution in [1.82, 2.24) is 15.1 Å². The van der Waals surface area contributed by atoms with Crippen molar-refractivity contribution >= 4 is 16.8 Å². The minimum Gasteiger partial charge on any atom is -0.356 e. The normalized spacial score (nSPS) is 21.1. The molecule has 1 aromatic carbocycles. The van der Waals surface area contributed by atoms with Gasteiger partial charge in [0.25, 0.3) is 0 Å². The maximum absolute atomic E-state index is 14.1. The number of carbonyl (C=O) groups is 1. The number of hydrogen-bond acceptors (Lipinski definition) is 2. The van der Waals surface area contributed by atoms with Crippen LogP contribution in [0.1, 0.15) is 31.2 Å². The number of amides is 1. The molecule has 1 aliphatic rings. The number of benzene rings is 1. The highest BCUT2D eigenvalue weighted by Gasteiger charge is 2.41. The third kappa shape index (κ3) is 2.28. The van der Waals surface area contributed by atoms with Gasteiger partial charge >= 0.3 is 0 Å². The minimum atomic E-state index is -0.167. The Morgan fingerprint density at radius 1 is 1.55 bits per heavy atom. The molecule has 1 N–H and O–H groups in total. The first-order valence-corrected chi connectivity index (χ1v) is 6.98. The van der Waals surface area contributed by atoms with E-state index in [1.165, 1.54) is 6.07 Å². The van der Waals surface area contributed by atoms with Crippen molar-refractivity contribution < 1.29 is 9.18 Å². The molecule has 0 spiro atoms. The second-order valence-electron chi connectivity index (χ2n) is 5.46. The smallest absolute Gasteiger partial charge is 0.219 e. The van der Waals surface area contributed by atoms with Gasteiger partial charge in [-0.3, -0.25) is 9.48 Å². The zero-order chi connectivity index (χ0) is 14.3. The van der Waals surface area contributed by atoms with E-state index in [1.54, 1.807) is 10.7 Å². The number of carbonyl (C=O) groups excluding carboxylic acids is 1. The Kier molecular flexibility index (Phi) is 3.20. The lowest BCUT2D eigenvalue weighted by Gasteiger charge is -2.05. The summed E-state index contributed by atoms with van der Waals surface area (Å²) in [6.45, 7) is 2.46. The van der Waals surface area contributed by atoms with Crippen LogP contribution in [0.3, 0.4) is 0 Å². The predicted octanol–water partition coefficient (Wildman–Crippen LogP) is 2.34. The van der Waals surface area contributed by atoms with E-state index in [9.17, 15) is 9.18 Å². The Balaban J connectivity index is 1.81. The van der Waals surface area contributed by atoms with Gasteiger partial charge in [-0.2, -0.15) is 5.10 Å². The van der Waals surface area contributed by atoms with E-state index in [1.807, 2.05) is 20.2 Å². The van der Waals surface area contributed by atoms with Crippen molar-refractivity contribution in [3.63, 3.8) is 0 Å². The summed E-state index contributed by atoms with van der Waals surface area (Å²) in [5, 5.41) is 8.09. The van der Waals surface area contributed by atoms with Gasteiger partial charge in [0.1, 0.15) is 5.82 Å². The molecule has 2 atom stereocenters. The fourth-order valence-corrected chi connectivity index (χ4v) is 2.78. The van der Waals surface area contributed by atoms with Gasteiger partial charge in [0.15, 0.2) is 0 Å². The molecular formula is C15H18FN3O. The van der Waals surface area contributed by atoms with Crippen molar-refractivity contribution in [2.45, 2.75) is 25.7 Å². The molecule has 0 bridgehead atoms. The molecule has 0 saturated heterocycles. The van der Waals surface area contributed by atoms with Crippen molar-refractivity contribution in [2.24, 2.45) is 13.0 Å². The lowest BCUT2D eigenvalue weighted by atomic mass is 10.0. The summed E-state index contributed by atoms with van der Waals surface area (Å²) in [6, 6.07) is 3.20. The number of aryl methyl sites for hydroxylation is 1. The maximum atomic E-state index is 14.1. The molecule has 0 radical (unpaired) electrons. The summed E-state index contributed by atoms with van der Waals surface area (Å²) in [5.74, 6) is 0.418. The van der Waals surface area contributed by atoms with Gasteiger partial charge in [0, 0.05) is 37.2 Å². The van der Waals surface area contributed by atoms with Crippen LogP contribution in [0.15, 0.2) is 18.3 Å². The molecule has 1 saturated carbocycles. The minimum absolute atomic E-state index is 0.0516. The van der Waals surface area contributed by atoms with Crippen LogP contribution in [0.5, 0.6) is 0 Å². The van der Waals surface area contributed by atoms with Gasteiger partial charge < -0.3 is 5.32 Å². The summed E-state index contributed by atoms with van der Waals surface area (Å²) in [7, 11) is 1.84. The van der Waals surface area contributed by atoms with Gasteiger partial charge in [0.2, 0.25) is 5.91 Å². The summed E-state index contributed by atoms with van der Waals surface area (Å²) < 4.78 is 15.8. The molecule has 1 aliphatic carbocycles. The highest BCUT2D eigenvalue weighted by atomic mass is 19.1. The molecule has 20 heavy (non-hydrogen) atoms. The highest BCUT2D eigenvalue weighted by Crippen LogP contribution is 2.49. The van der Waals surface area contributed by atoms with Crippen LogP contribution in [-0.2, 0) is 11.8 Å². The number of fused-ring (bicyclic) bond motifs is 1. The number of nitrogens with zero attached hydrogens (tertiary/aromatic N) is 2. The molecule has 2 aromatic rings. The summed E-state index contributed by atoms with van der Waals surface area (Å²) >= 11 is 0. The van der Waals surface area contributed by atoms with E-state index in [4.69, 9.17) is 0 Å². The predicted molar refractivity (Wildman–Crippen MR) is 74.8 cm³/mol. The molecular weight excluding hydrogens is 257 g/mol. The third-order valence-electron chi connectivity index (χ3n) is 3.97. The summed E-state index contributed by atoms with van der Waals surface area (Å²) in [5.41, 5.74) is 1.58. The standard InChI is InChI=1S/C15H18FN3O/c1-3-14(20)17-7-9-6-10(9)15-11-8-19(2)18-13(11)5-4-12(15)16/h4-5,8-10H,3,6-7H2,1-2H3,(H,17,20)/t9-,10+/m0/s1. The average molecular weight is 275 g/mol. The lowest BCUT2D eigenvalue weighted by molar-refractivity contribution is -0.120. The van der Waals surface area contributed by atoms with Crippen LogP contribution in [0.2, 0.25) is 0 Å². The van der Waals surface area contributed by atoms with E-state index in [0.717, 1.165) is 22.9 Å². The average Bonchev–Trinajstić information content (AvgIpc) is 3.08. The Bertz CT molecular complexity index is 664. The Morgan fingerprint density at radius 3 is 3.10 bits per heavy atom. The number of rotatable bonds is 4. The number of aromatic nitrogens is 2. The number of hydrogen-bond donors (Lipinski definition) is 1. The third-order valence-corrected chi connectivity index (χ3v) is 3.97. The van der Waals surface area contributed by atoms with Crippen molar-refractivity contribution in [1.29, 1.82) is 0 Å². The van der Waals surface area contributed by atoms with Gasteiger partial charge in [0.05, 0.1) is 5.52 Å². The van der Waals surface area contributed by atoms with Gasteiger partial charge in [-0.1, -0.05) is 6.92 Å². The van der Waals surface area contributed by atoms with E-state index in [-0.39, 0.29) is 17.6 Å². The molecule has 4 nitrogen and oxygen atoms in total. The van der Waals surface area contributed by atoms with Gasteiger partial charge in [-0.15, -0.1) is 0 Å². The summed E-state index contributed by atoms with van der Waals surface area (Å²) in [6.07, 6.45) is 3.28. The van der Waals surface area contributed by atoms with Crippen LogP contribution in [0, 0.1) is 11.7 Å². The Labute approximate surface area is 117 Å². The van der Waals surface area contributed by atoms with E-state index >= 15 is 0 Å². The highest BCUT2D eigenvalue weighted by molar-refractivity contribution is 5.83. The first-order valence-electron chi connectivity index (χ1n) is 6.98. The van der Waals surface area contributed by atoms with Crippen molar-refractivity contribution in [3.8, 4) is 0 Å². The molecule has 1 aromatic heterocycles. The molecule has 0 aliphatic heterocycles. The van der Waals surface area contributed by atoms with E-state index < -0.39 is 0 Å².